The molecular weight excluding hydrogens is 593 g/mol. The summed E-state index contributed by atoms with van der Waals surface area (Å²) in [5.41, 5.74) is 9.73. The molecule has 0 saturated carbocycles. The van der Waals surface area contributed by atoms with Crippen LogP contribution in [-0.4, -0.2) is 47.9 Å². The van der Waals surface area contributed by atoms with Crippen molar-refractivity contribution < 1.29 is 23.1 Å². The number of rotatable bonds is 4. The van der Waals surface area contributed by atoms with Gasteiger partial charge in [0.2, 0.25) is 5.36 Å². The van der Waals surface area contributed by atoms with Crippen molar-refractivity contribution in [1.29, 1.82) is 0 Å². The number of carboxylic acid groups (broad SMARTS) is 1. The van der Waals surface area contributed by atoms with Gasteiger partial charge in [0.25, 0.3) is 0 Å². The number of fused-ring (bicyclic) bond motifs is 3. The normalized spacial score (nSPS) is 14.8. The van der Waals surface area contributed by atoms with Crippen molar-refractivity contribution in [3.8, 4) is 0 Å². The predicted octanol–water partition coefficient (Wildman–Crippen LogP) is 3.84. The highest BCUT2D eigenvalue weighted by atomic mass is 28.3. The fourth-order valence-electron chi connectivity index (χ4n) is 6.02. The minimum Gasteiger partial charge on any atom is -0.542 e. The van der Waals surface area contributed by atoms with E-state index in [2.05, 4.69) is 113 Å². The summed E-state index contributed by atoms with van der Waals surface area (Å²) >= 11 is 0. The molecule has 0 bridgehead atoms. The molecule has 0 saturated heterocycles. The van der Waals surface area contributed by atoms with Crippen molar-refractivity contribution in [2.24, 2.45) is 10.2 Å². The molecule has 0 amide bonds. The Morgan fingerprint density at radius 1 is 0.889 bits per heavy atom. The van der Waals surface area contributed by atoms with Crippen molar-refractivity contribution in [3.63, 3.8) is 0 Å². The molecule has 2 heterocycles. The molecular formula is C35H35F3N4O2Si. The van der Waals surface area contributed by atoms with E-state index in [-0.39, 0.29) is 0 Å². The number of anilines is 1. The summed E-state index contributed by atoms with van der Waals surface area (Å²) in [7, 11) is 4.30. The SMILES string of the molecule is Cc1ccccc1C1=c2cc3c(cc2[Si](C)(C)c2cc(N=Nc4ccc(N(C)C)cc4)ccc21)=[N+](C)CC3.O=C([O-])C(F)(F)F. The van der Waals surface area contributed by atoms with E-state index >= 15 is 0 Å². The second-order valence-corrected chi connectivity index (χ2v) is 16.5. The fourth-order valence-corrected chi connectivity index (χ4v) is 9.07. The molecule has 45 heavy (non-hydrogen) atoms. The monoisotopic (exact) mass is 628 g/mol. The number of halogens is 3. The molecule has 2 aliphatic heterocycles. The Hall–Kier alpha value is -4.57. The number of benzene rings is 4. The third kappa shape index (κ3) is 6.33. The highest BCUT2D eigenvalue weighted by Gasteiger charge is 2.37. The average molecular weight is 629 g/mol. The number of aryl methyl sites for hydroxylation is 1. The number of hydrogen-bond donors (Lipinski definition) is 0. The smallest absolute Gasteiger partial charge is 0.430 e. The van der Waals surface area contributed by atoms with Crippen LogP contribution in [0.3, 0.4) is 0 Å². The van der Waals surface area contributed by atoms with Crippen LogP contribution in [-0.2, 0) is 11.2 Å². The lowest BCUT2D eigenvalue weighted by atomic mass is 9.91. The van der Waals surface area contributed by atoms with Gasteiger partial charge < -0.3 is 14.8 Å². The second-order valence-electron chi connectivity index (χ2n) is 12.1. The van der Waals surface area contributed by atoms with Crippen molar-refractivity contribution in [3.05, 3.63) is 112 Å². The predicted molar refractivity (Wildman–Crippen MR) is 173 cm³/mol. The molecule has 4 aromatic carbocycles. The third-order valence-corrected chi connectivity index (χ3v) is 12.0. The lowest BCUT2D eigenvalue weighted by molar-refractivity contribution is -0.344. The molecule has 0 unspecified atom stereocenters. The van der Waals surface area contributed by atoms with E-state index in [1.54, 1.807) is 0 Å². The number of aliphatic carboxylic acids is 1. The Morgan fingerprint density at radius 3 is 2.13 bits per heavy atom. The Morgan fingerprint density at radius 2 is 1.51 bits per heavy atom. The molecule has 0 radical (unpaired) electrons. The molecule has 0 N–H and O–H groups in total. The van der Waals surface area contributed by atoms with Crippen LogP contribution < -0.4 is 35.5 Å². The molecule has 4 aromatic rings. The first-order chi connectivity index (χ1) is 21.2. The molecule has 0 atom stereocenters. The molecule has 10 heteroatoms. The van der Waals surface area contributed by atoms with Crippen LogP contribution in [0.1, 0.15) is 22.3 Å². The van der Waals surface area contributed by atoms with Gasteiger partial charge >= 0.3 is 6.18 Å². The quantitative estimate of drug-likeness (QED) is 0.196. The summed E-state index contributed by atoms with van der Waals surface area (Å²) in [6.45, 7) is 8.29. The number of hydrogen-bond acceptors (Lipinski definition) is 5. The molecule has 2 aliphatic rings. The average Bonchev–Trinajstić information content (AvgIpc) is 3.36. The van der Waals surface area contributed by atoms with Crippen LogP contribution in [0.2, 0.25) is 13.1 Å². The zero-order valence-electron chi connectivity index (χ0n) is 26.2. The maximum atomic E-state index is 10.5. The Bertz CT molecular complexity index is 1950. The molecule has 6 rings (SSSR count). The maximum Gasteiger partial charge on any atom is 0.430 e. The van der Waals surface area contributed by atoms with Crippen LogP contribution in [0, 0.1) is 6.92 Å². The van der Waals surface area contributed by atoms with Gasteiger partial charge in [-0.2, -0.15) is 23.4 Å². The van der Waals surface area contributed by atoms with Gasteiger partial charge in [0, 0.05) is 37.8 Å². The summed E-state index contributed by atoms with van der Waals surface area (Å²) in [5.74, 6) is -3.01. The number of azo groups is 1. The highest BCUT2D eigenvalue weighted by molar-refractivity contribution is 7.01. The van der Waals surface area contributed by atoms with Crippen LogP contribution in [0.25, 0.3) is 5.57 Å². The Kier molecular flexibility index (Phi) is 8.55. The highest BCUT2D eigenvalue weighted by Crippen LogP contribution is 2.29. The van der Waals surface area contributed by atoms with E-state index in [1.165, 1.54) is 48.8 Å². The van der Waals surface area contributed by atoms with Crippen molar-refractivity contribution >= 4 is 47.1 Å². The lowest BCUT2D eigenvalue weighted by Crippen LogP contribution is -2.63. The maximum absolute atomic E-state index is 10.5. The standard InChI is InChI=1S/C33H35N4Si.C2HF3O2/c1-22-9-7-8-10-27(22)33-28-16-13-25(35-34-24-11-14-26(15-12-24)36(2)3)20-31(28)38(5,6)32-21-30-23(19-29(32)33)17-18-37(30)4;3-2(4,5)1(6)7/h7-16,19-21H,17-18H2,1-6H3;(H,6,7)/q+1;/p-1. The number of nitrogens with zero attached hydrogens (tertiary/aromatic N) is 4. The van der Waals surface area contributed by atoms with Gasteiger partial charge in [0.05, 0.1) is 11.4 Å². The first kappa shape index (κ1) is 31.8. The van der Waals surface area contributed by atoms with Crippen LogP contribution in [0.5, 0.6) is 0 Å². The lowest BCUT2D eigenvalue weighted by Gasteiger charge is -2.33. The number of alkyl halides is 3. The van der Waals surface area contributed by atoms with Gasteiger partial charge in [0.15, 0.2) is 0 Å². The number of carbonyl (C=O) groups is 1. The minimum absolute atomic E-state index is 0.862. The molecule has 0 fully saturated rings. The van der Waals surface area contributed by atoms with Gasteiger partial charge in [0.1, 0.15) is 27.6 Å². The van der Waals surface area contributed by atoms with Gasteiger partial charge in [-0.15, -0.1) is 0 Å². The second kappa shape index (κ2) is 12.1. The van der Waals surface area contributed by atoms with E-state index in [9.17, 15) is 13.2 Å². The number of likely N-dealkylation sites (N-methyl/N-ethyl adjacent to an activating group) is 1. The summed E-state index contributed by atoms with van der Waals surface area (Å²) in [6, 6.07) is 28.7. The summed E-state index contributed by atoms with van der Waals surface area (Å²) in [5, 5.41) is 23.8. The van der Waals surface area contributed by atoms with Crippen molar-refractivity contribution in [1.82, 2.24) is 4.58 Å². The number of carboxylic acids is 1. The Labute approximate surface area is 261 Å². The number of carbonyl (C=O) groups excluding carboxylic acids is 1. The van der Waals surface area contributed by atoms with E-state index < -0.39 is 20.2 Å². The van der Waals surface area contributed by atoms with Crippen LogP contribution in [0.15, 0.2) is 89.1 Å². The van der Waals surface area contributed by atoms with E-state index in [1.807, 2.05) is 26.2 Å². The molecule has 0 spiro atoms. The van der Waals surface area contributed by atoms with Crippen molar-refractivity contribution in [2.75, 3.05) is 32.6 Å². The van der Waals surface area contributed by atoms with Gasteiger partial charge in [-0.25, -0.2) is 4.58 Å². The minimum atomic E-state index is -5.19. The van der Waals surface area contributed by atoms with Gasteiger partial charge in [-0.1, -0.05) is 43.4 Å². The van der Waals surface area contributed by atoms with Gasteiger partial charge in [-0.3, -0.25) is 0 Å². The van der Waals surface area contributed by atoms with Gasteiger partial charge in [-0.05, 0) is 87.2 Å². The van der Waals surface area contributed by atoms with Crippen LogP contribution >= 0.6 is 0 Å². The van der Waals surface area contributed by atoms with E-state index in [4.69, 9.17) is 9.90 Å². The zero-order chi connectivity index (χ0) is 32.7. The zero-order valence-corrected chi connectivity index (χ0v) is 27.2. The third-order valence-electron chi connectivity index (χ3n) is 8.53. The van der Waals surface area contributed by atoms with Crippen LogP contribution in [0.4, 0.5) is 30.2 Å². The topological polar surface area (TPSA) is 71.1 Å². The summed E-state index contributed by atoms with van der Waals surface area (Å²) in [6.07, 6.45) is -4.08. The molecule has 0 aromatic heterocycles. The first-order valence-corrected chi connectivity index (χ1v) is 17.6. The largest absolute Gasteiger partial charge is 0.542 e. The summed E-state index contributed by atoms with van der Waals surface area (Å²) < 4.78 is 34.0. The summed E-state index contributed by atoms with van der Waals surface area (Å²) in [4.78, 5) is 10.9. The van der Waals surface area contributed by atoms with E-state index in [0.717, 1.165) is 30.0 Å². The molecule has 232 valence electrons. The molecule has 6 nitrogen and oxygen atoms in total. The fraction of sp³-hybridized carbons (Fsp3) is 0.257. The first-order valence-electron chi connectivity index (χ1n) is 14.6. The van der Waals surface area contributed by atoms with E-state index in [0.29, 0.717) is 0 Å². The Balaban J connectivity index is 0.000000515. The molecule has 0 aliphatic carbocycles. The van der Waals surface area contributed by atoms with Crippen molar-refractivity contribution in [2.45, 2.75) is 32.6 Å².